The second-order valence-electron chi connectivity index (χ2n) is 4.08. The summed E-state index contributed by atoms with van der Waals surface area (Å²) in [5.41, 5.74) is 6.70. The van der Waals surface area contributed by atoms with Gasteiger partial charge in [-0.2, -0.15) is 0 Å². The molecule has 2 aromatic rings. The zero-order chi connectivity index (χ0) is 14.8. The Morgan fingerprint density at radius 2 is 1.55 bits per heavy atom. The summed E-state index contributed by atoms with van der Waals surface area (Å²) in [4.78, 5) is 0. The maximum atomic E-state index is 12.8. The molecular formula is C14H11F4NO. The highest BCUT2D eigenvalue weighted by atomic mass is 19.4. The highest BCUT2D eigenvalue weighted by Crippen LogP contribution is 2.31. The fraction of sp³-hybridized carbons (Fsp3) is 0.143. The summed E-state index contributed by atoms with van der Waals surface area (Å²) in [6.07, 6.45) is -4.79. The van der Waals surface area contributed by atoms with Gasteiger partial charge in [0.2, 0.25) is 0 Å². The topological polar surface area (TPSA) is 35.2 Å². The first-order chi connectivity index (χ1) is 9.39. The van der Waals surface area contributed by atoms with Gasteiger partial charge in [0.15, 0.2) is 0 Å². The molecule has 2 aromatic carbocycles. The summed E-state index contributed by atoms with van der Waals surface area (Å²) in [5, 5.41) is 0. The van der Waals surface area contributed by atoms with Crippen LogP contribution in [-0.4, -0.2) is 6.36 Å². The first-order valence-corrected chi connectivity index (χ1v) is 5.74. The van der Waals surface area contributed by atoms with Crippen molar-refractivity contribution in [2.24, 2.45) is 5.73 Å². The van der Waals surface area contributed by atoms with Crippen molar-refractivity contribution in [2.75, 3.05) is 0 Å². The number of hydrogen-bond acceptors (Lipinski definition) is 2. The molecule has 106 valence electrons. The Morgan fingerprint density at radius 1 is 0.950 bits per heavy atom. The van der Waals surface area contributed by atoms with E-state index in [0.29, 0.717) is 11.1 Å². The Hall–Kier alpha value is -2.08. The zero-order valence-corrected chi connectivity index (χ0v) is 10.2. The van der Waals surface area contributed by atoms with Gasteiger partial charge in [-0.05, 0) is 29.3 Å². The van der Waals surface area contributed by atoms with Crippen LogP contribution in [0.15, 0.2) is 42.5 Å². The Morgan fingerprint density at radius 3 is 2.10 bits per heavy atom. The molecule has 0 amide bonds. The van der Waals surface area contributed by atoms with Crippen LogP contribution in [0.2, 0.25) is 0 Å². The predicted octanol–water partition coefficient (Wildman–Crippen LogP) is 3.85. The molecule has 2 nitrogen and oxygen atoms in total. The minimum Gasteiger partial charge on any atom is -0.405 e. The van der Waals surface area contributed by atoms with Gasteiger partial charge in [-0.25, -0.2) is 4.39 Å². The van der Waals surface area contributed by atoms with E-state index in [1.165, 1.54) is 36.4 Å². The van der Waals surface area contributed by atoms with Crippen molar-refractivity contribution in [3.05, 3.63) is 53.8 Å². The first kappa shape index (κ1) is 14.3. The molecule has 0 aliphatic carbocycles. The second-order valence-corrected chi connectivity index (χ2v) is 4.08. The standard InChI is InChI=1S/C14H11F4NO/c15-12-5-3-9(4-6-12)10-1-2-11(8-19)13(7-10)20-14(16,17)18/h1-7H,8,19H2. The van der Waals surface area contributed by atoms with Crippen molar-refractivity contribution in [1.29, 1.82) is 0 Å². The molecule has 20 heavy (non-hydrogen) atoms. The molecule has 0 unspecified atom stereocenters. The SMILES string of the molecule is NCc1ccc(-c2ccc(F)cc2)cc1OC(F)(F)F. The molecule has 2 rings (SSSR count). The highest BCUT2D eigenvalue weighted by molar-refractivity contribution is 5.66. The molecule has 0 aromatic heterocycles. The average molecular weight is 285 g/mol. The van der Waals surface area contributed by atoms with E-state index in [-0.39, 0.29) is 17.9 Å². The van der Waals surface area contributed by atoms with E-state index >= 15 is 0 Å². The van der Waals surface area contributed by atoms with Crippen LogP contribution < -0.4 is 10.5 Å². The van der Waals surface area contributed by atoms with Crippen molar-refractivity contribution in [3.8, 4) is 16.9 Å². The summed E-state index contributed by atoms with van der Waals surface area (Å²) >= 11 is 0. The predicted molar refractivity (Wildman–Crippen MR) is 66.4 cm³/mol. The van der Waals surface area contributed by atoms with Crippen LogP contribution in [-0.2, 0) is 6.54 Å². The van der Waals surface area contributed by atoms with E-state index in [0.717, 1.165) is 0 Å². The molecular weight excluding hydrogens is 274 g/mol. The molecule has 0 saturated carbocycles. The number of benzene rings is 2. The summed E-state index contributed by atoms with van der Waals surface area (Å²) in [6, 6.07) is 9.72. The van der Waals surface area contributed by atoms with Crippen LogP contribution in [0.3, 0.4) is 0 Å². The van der Waals surface area contributed by atoms with Crippen LogP contribution in [0, 0.1) is 5.82 Å². The molecule has 2 N–H and O–H groups in total. The van der Waals surface area contributed by atoms with Crippen molar-refractivity contribution in [3.63, 3.8) is 0 Å². The number of hydrogen-bond donors (Lipinski definition) is 1. The van der Waals surface area contributed by atoms with Gasteiger partial charge in [-0.3, -0.25) is 0 Å². The fourth-order valence-electron chi connectivity index (χ4n) is 1.76. The zero-order valence-electron chi connectivity index (χ0n) is 10.2. The lowest BCUT2D eigenvalue weighted by molar-refractivity contribution is -0.274. The van der Waals surface area contributed by atoms with Gasteiger partial charge in [0.25, 0.3) is 0 Å². The molecule has 0 bridgehead atoms. The normalized spacial score (nSPS) is 11.4. The lowest BCUT2D eigenvalue weighted by Gasteiger charge is -2.14. The van der Waals surface area contributed by atoms with Crippen molar-refractivity contribution < 1.29 is 22.3 Å². The van der Waals surface area contributed by atoms with Crippen LogP contribution in [0.4, 0.5) is 17.6 Å². The highest BCUT2D eigenvalue weighted by Gasteiger charge is 2.32. The van der Waals surface area contributed by atoms with Gasteiger partial charge in [0.05, 0.1) is 0 Å². The lowest BCUT2D eigenvalue weighted by Crippen LogP contribution is -2.18. The Bertz CT molecular complexity index is 593. The quantitative estimate of drug-likeness (QED) is 0.869. The third kappa shape index (κ3) is 3.48. The maximum Gasteiger partial charge on any atom is 0.573 e. The largest absolute Gasteiger partial charge is 0.573 e. The second kappa shape index (κ2) is 5.50. The Balaban J connectivity index is 2.41. The molecule has 6 heteroatoms. The number of halogens is 4. The fourth-order valence-corrected chi connectivity index (χ4v) is 1.76. The average Bonchev–Trinajstić information content (AvgIpc) is 2.37. The van der Waals surface area contributed by atoms with E-state index in [4.69, 9.17) is 5.73 Å². The molecule has 0 aliphatic heterocycles. The van der Waals surface area contributed by atoms with E-state index in [9.17, 15) is 17.6 Å². The summed E-state index contributed by atoms with van der Waals surface area (Å²) < 4.78 is 53.8. The van der Waals surface area contributed by atoms with E-state index < -0.39 is 12.2 Å². The van der Waals surface area contributed by atoms with Gasteiger partial charge >= 0.3 is 6.36 Å². The molecule has 0 spiro atoms. The Kier molecular flexibility index (Phi) is 3.94. The van der Waals surface area contributed by atoms with E-state index in [2.05, 4.69) is 4.74 Å². The van der Waals surface area contributed by atoms with E-state index in [1.807, 2.05) is 0 Å². The minimum absolute atomic E-state index is 0.0743. The third-order valence-electron chi connectivity index (χ3n) is 2.69. The lowest BCUT2D eigenvalue weighted by atomic mass is 10.0. The van der Waals surface area contributed by atoms with Crippen LogP contribution >= 0.6 is 0 Å². The maximum absolute atomic E-state index is 12.8. The van der Waals surface area contributed by atoms with Crippen molar-refractivity contribution in [1.82, 2.24) is 0 Å². The van der Waals surface area contributed by atoms with Gasteiger partial charge < -0.3 is 10.5 Å². The third-order valence-corrected chi connectivity index (χ3v) is 2.69. The summed E-state index contributed by atoms with van der Waals surface area (Å²) in [6.45, 7) is -0.0743. The van der Waals surface area contributed by atoms with Gasteiger partial charge in [-0.1, -0.05) is 24.3 Å². The van der Waals surface area contributed by atoms with Crippen LogP contribution in [0.1, 0.15) is 5.56 Å². The smallest absolute Gasteiger partial charge is 0.405 e. The van der Waals surface area contributed by atoms with Crippen molar-refractivity contribution >= 4 is 0 Å². The molecule has 0 heterocycles. The molecule has 0 saturated heterocycles. The minimum atomic E-state index is -4.79. The van der Waals surface area contributed by atoms with Crippen molar-refractivity contribution in [2.45, 2.75) is 12.9 Å². The van der Waals surface area contributed by atoms with Gasteiger partial charge in [0, 0.05) is 12.1 Å². The van der Waals surface area contributed by atoms with Crippen LogP contribution in [0.5, 0.6) is 5.75 Å². The molecule has 0 atom stereocenters. The molecule has 0 aliphatic rings. The first-order valence-electron chi connectivity index (χ1n) is 5.74. The number of alkyl halides is 3. The number of rotatable bonds is 3. The number of ether oxygens (including phenoxy) is 1. The summed E-state index contributed by atoms with van der Waals surface area (Å²) in [5.74, 6) is -0.763. The molecule has 0 fully saturated rings. The molecule has 0 radical (unpaired) electrons. The van der Waals surface area contributed by atoms with E-state index in [1.54, 1.807) is 6.07 Å². The van der Waals surface area contributed by atoms with Gasteiger partial charge in [-0.15, -0.1) is 13.2 Å². The van der Waals surface area contributed by atoms with Gasteiger partial charge in [0.1, 0.15) is 11.6 Å². The number of nitrogens with two attached hydrogens (primary N) is 1. The monoisotopic (exact) mass is 285 g/mol. The summed E-state index contributed by atoms with van der Waals surface area (Å²) in [7, 11) is 0. The van der Waals surface area contributed by atoms with Crippen LogP contribution in [0.25, 0.3) is 11.1 Å². The Labute approximate surface area is 112 Å².